The summed E-state index contributed by atoms with van der Waals surface area (Å²) >= 11 is 1.46. The summed E-state index contributed by atoms with van der Waals surface area (Å²) < 4.78 is 0. The number of rotatable bonds is 4. The van der Waals surface area contributed by atoms with E-state index in [2.05, 4.69) is 114 Å². The van der Waals surface area contributed by atoms with Crippen LogP contribution in [0.15, 0.2) is 59.5 Å². The molecule has 43 heavy (non-hydrogen) atoms. The molecule has 2 aromatic rings. The van der Waals surface area contributed by atoms with E-state index in [1.54, 1.807) is 16.0 Å². The molecule has 0 spiro atoms. The molecular weight excluding hydrogens is 679 g/mol. The molecule has 4 aliphatic rings. The molecule has 236 valence electrons. The van der Waals surface area contributed by atoms with Crippen LogP contribution in [0.1, 0.15) is 95.8 Å². The zero-order chi connectivity index (χ0) is 29.5. The summed E-state index contributed by atoms with van der Waals surface area (Å²) in [5.41, 5.74) is 8.50. The molecule has 3 fully saturated rings. The van der Waals surface area contributed by atoms with Crippen molar-refractivity contribution >= 4 is 42.4 Å². The molecule has 0 saturated heterocycles. The van der Waals surface area contributed by atoms with Gasteiger partial charge in [0.15, 0.2) is 0 Å². The molecule has 5 heteroatoms. The summed E-state index contributed by atoms with van der Waals surface area (Å²) in [6, 6.07) is 21.2. The van der Waals surface area contributed by atoms with Gasteiger partial charge in [-0.15, -0.1) is 11.8 Å². The van der Waals surface area contributed by atoms with E-state index in [1.165, 1.54) is 49.7 Å². The molecule has 1 heterocycles. The summed E-state index contributed by atoms with van der Waals surface area (Å²) in [5.74, 6) is 4.32. The van der Waals surface area contributed by atoms with Crippen molar-refractivity contribution in [1.29, 1.82) is 0 Å². The van der Waals surface area contributed by atoms with E-state index < -0.39 is 28.9 Å². The van der Waals surface area contributed by atoms with Crippen molar-refractivity contribution < 1.29 is 20.8 Å². The second kappa shape index (κ2) is 15.4. The Morgan fingerprint density at radius 1 is 0.837 bits per heavy atom. The second-order valence-corrected chi connectivity index (χ2v) is 25.3. The normalized spacial score (nSPS) is 31.6. The van der Waals surface area contributed by atoms with Crippen LogP contribution in [0.25, 0.3) is 5.57 Å². The van der Waals surface area contributed by atoms with E-state index in [4.69, 9.17) is 17.0 Å². The van der Waals surface area contributed by atoms with Crippen molar-refractivity contribution in [3.8, 4) is 0 Å². The molecule has 2 aromatic carbocycles. The number of halogens is 2. The summed E-state index contributed by atoms with van der Waals surface area (Å²) in [5, 5.41) is 0.824. The number of hydrogen-bond acceptors (Lipinski definition) is 1. The topological polar surface area (TPSA) is 0 Å². The number of hydrogen-bond donors (Lipinski definition) is 0. The predicted molar refractivity (Wildman–Crippen MR) is 195 cm³/mol. The van der Waals surface area contributed by atoms with Crippen molar-refractivity contribution in [2.24, 2.45) is 23.7 Å². The third kappa shape index (κ3) is 7.53. The molecule has 3 saturated carbocycles. The molecule has 1 aliphatic heterocycles. The van der Waals surface area contributed by atoms with Crippen molar-refractivity contribution in [2.45, 2.75) is 114 Å². The van der Waals surface area contributed by atoms with Gasteiger partial charge in [0.05, 0.1) is 8.07 Å². The van der Waals surface area contributed by atoms with Crippen molar-refractivity contribution in [1.82, 2.24) is 0 Å². The monoisotopic (exact) mass is 732 g/mol. The average molecular weight is 735 g/mol. The van der Waals surface area contributed by atoms with Crippen LogP contribution in [0.3, 0.4) is 0 Å². The minimum atomic E-state index is -1.47. The molecule has 8 unspecified atom stereocenters. The van der Waals surface area contributed by atoms with Crippen LogP contribution in [-0.2, 0) is 26.3 Å². The Morgan fingerprint density at radius 3 is 2.07 bits per heavy atom. The van der Waals surface area contributed by atoms with Gasteiger partial charge in [-0.25, -0.2) is 0 Å². The molecule has 8 atom stereocenters. The summed E-state index contributed by atoms with van der Waals surface area (Å²) in [7, 11) is 8.40. The summed E-state index contributed by atoms with van der Waals surface area (Å²) in [4.78, 5) is 1.62. The van der Waals surface area contributed by atoms with Gasteiger partial charge in [0, 0.05) is 5.25 Å². The average Bonchev–Trinajstić information content (AvgIpc) is 3.60. The molecular formula is C38H56Cl2SSiZr. The standard InChI is InChI=1S/C36H50SSi.2CH3.2ClH.Zr/c1-23-22-31-33(26-12-9-8-10-13-26)24(2)37-34(31)35(23)38(6,7)32-21-20-29-28(14-11-15-30(29)32)25-16-18-27(19-17-25)36(3,4)5;;;;;/h8-10,12-13,16-19,23,28-32,34-35H,11,14-15,20-22H2,1-7H3;2*1H3;2*1H;/q;2*-1;;;+4/p-2. The van der Waals surface area contributed by atoms with Crippen LogP contribution in [0, 0.1) is 38.5 Å². The first-order chi connectivity index (χ1) is 19.5. The maximum atomic E-state index is 4.93. The molecule has 0 aromatic heterocycles. The van der Waals surface area contributed by atoms with E-state index in [-0.39, 0.29) is 20.3 Å². The SMILES string of the molecule is CC1=C(c2ccccc2)C2CC(C)C([Si](C)(C)C3CCC4C(c5ccc(C(C)(C)C)cc5)CCCC43)C2S1.[CH3-].[CH3-].[Cl][Zr+2][Cl]. The second-order valence-electron chi connectivity index (χ2n) is 15.1. The van der Waals surface area contributed by atoms with E-state index in [0.717, 1.165) is 45.9 Å². The summed E-state index contributed by atoms with van der Waals surface area (Å²) in [6.07, 6.45) is 8.74. The van der Waals surface area contributed by atoms with Gasteiger partial charge in [0.2, 0.25) is 0 Å². The fourth-order valence-corrected chi connectivity index (χ4v) is 18.5. The first-order valence-corrected chi connectivity index (χ1v) is 26.3. The van der Waals surface area contributed by atoms with Gasteiger partial charge in [0.25, 0.3) is 0 Å². The zero-order valence-corrected chi connectivity index (χ0v) is 34.0. The Kier molecular flexibility index (Phi) is 13.5. The summed E-state index contributed by atoms with van der Waals surface area (Å²) in [6.45, 7) is 17.7. The molecule has 0 amide bonds. The molecule has 0 N–H and O–H groups in total. The van der Waals surface area contributed by atoms with Crippen molar-refractivity contribution in [2.75, 3.05) is 0 Å². The van der Waals surface area contributed by atoms with E-state index in [9.17, 15) is 0 Å². The Bertz CT molecular complexity index is 1200. The van der Waals surface area contributed by atoms with Crippen LogP contribution in [-0.4, -0.2) is 13.3 Å². The first-order valence-electron chi connectivity index (χ1n) is 16.0. The molecule has 3 aliphatic carbocycles. The quantitative estimate of drug-likeness (QED) is 0.223. The van der Waals surface area contributed by atoms with Crippen LogP contribution in [0.2, 0.25) is 24.2 Å². The Labute approximate surface area is 289 Å². The molecule has 0 nitrogen and oxygen atoms in total. The van der Waals surface area contributed by atoms with Gasteiger partial charge in [0.1, 0.15) is 0 Å². The molecule has 0 radical (unpaired) electrons. The van der Waals surface area contributed by atoms with Crippen LogP contribution < -0.4 is 0 Å². The van der Waals surface area contributed by atoms with E-state index in [0.29, 0.717) is 0 Å². The Balaban J connectivity index is 0.000000973. The zero-order valence-electron chi connectivity index (χ0n) is 28.2. The third-order valence-electron chi connectivity index (χ3n) is 11.6. The van der Waals surface area contributed by atoms with Gasteiger partial charge >= 0.3 is 37.9 Å². The third-order valence-corrected chi connectivity index (χ3v) is 18.6. The number of fused-ring (bicyclic) bond motifs is 2. The van der Waals surface area contributed by atoms with Crippen LogP contribution in [0.4, 0.5) is 0 Å². The van der Waals surface area contributed by atoms with Gasteiger partial charge in [-0.2, -0.15) is 0 Å². The van der Waals surface area contributed by atoms with Crippen LogP contribution >= 0.6 is 28.8 Å². The number of thioether (sulfide) groups is 1. The van der Waals surface area contributed by atoms with E-state index in [1.807, 2.05) is 0 Å². The van der Waals surface area contributed by atoms with Gasteiger partial charge in [-0.05, 0) is 99.4 Å². The number of allylic oxidation sites excluding steroid dienone is 2. The molecule has 0 bridgehead atoms. The maximum absolute atomic E-state index is 4.93. The molecule has 6 rings (SSSR count). The van der Waals surface area contributed by atoms with E-state index >= 15 is 0 Å². The van der Waals surface area contributed by atoms with Gasteiger partial charge in [-0.3, -0.25) is 0 Å². The van der Waals surface area contributed by atoms with Gasteiger partial charge < -0.3 is 14.9 Å². The van der Waals surface area contributed by atoms with Gasteiger partial charge in [-0.1, -0.05) is 115 Å². The fraction of sp³-hybridized carbons (Fsp3) is 0.579. The van der Waals surface area contributed by atoms with Crippen molar-refractivity contribution in [3.63, 3.8) is 0 Å². The first kappa shape index (κ1) is 37.7. The fourth-order valence-electron chi connectivity index (χ4n) is 10.0. The van der Waals surface area contributed by atoms with Crippen LogP contribution in [0.5, 0.6) is 0 Å². The predicted octanol–water partition coefficient (Wildman–Crippen LogP) is 13.2. The Morgan fingerprint density at radius 2 is 1.47 bits per heavy atom. The number of benzene rings is 2. The Hall–Kier alpha value is 0.210. The minimum absolute atomic E-state index is 0. The van der Waals surface area contributed by atoms with Crippen molar-refractivity contribution in [3.05, 3.63) is 91.0 Å².